The fraction of sp³-hybridized carbons (Fsp3) is 0.211. The van der Waals surface area contributed by atoms with Crippen LogP contribution in [0.15, 0.2) is 36.4 Å². The van der Waals surface area contributed by atoms with E-state index in [1.807, 2.05) is 0 Å². The van der Waals surface area contributed by atoms with Crippen molar-refractivity contribution < 1.29 is 28.6 Å². The molecule has 28 heavy (non-hydrogen) atoms. The Hall–Kier alpha value is -2.77. The Labute approximate surface area is 171 Å². The van der Waals surface area contributed by atoms with Crippen molar-refractivity contribution in [2.75, 3.05) is 19.5 Å². The van der Waals surface area contributed by atoms with Crippen molar-refractivity contribution in [1.82, 2.24) is 0 Å². The molecule has 9 heteroatoms. The zero-order valence-corrected chi connectivity index (χ0v) is 16.8. The van der Waals surface area contributed by atoms with E-state index in [0.717, 1.165) is 0 Å². The minimum atomic E-state index is -0.945. The average molecular weight is 426 g/mol. The number of carbonyl (C=O) groups excluding carboxylic acids is 3. The lowest BCUT2D eigenvalue weighted by Gasteiger charge is -2.16. The number of carbonyl (C=O) groups is 3. The molecule has 1 amide bonds. The summed E-state index contributed by atoms with van der Waals surface area (Å²) in [6.07, 6.45) is -0.945. The van der Waals surface area contributed by atoms with Crippen LogP contribution >= 0.6 is 23.2 Å². The van der Waals surface area contributed by atoms with E-state index < -0.39 is 23.9 Å². The number of benzene rings is 2. The van der Waals surface area contributed by atoms with Crippen molar-refractivity contribution in [3.05, 3.63) is 57.6 Å². The van der Waals surface area contributed by atoms with E-state index in [4.69, 9.17) is 27.9 Å². The maximum atomic E-state index is 12.5. The first-order valence-electron chi connectivity index (χ1n) is 8.00. The van der Waals surface area contributed by atoms with Gasteiger partial charge in [0.15, 0.2) is 6.10 Å². The fourth-order valence-corrected chi connectivity index (χ4v) is 2.57. The molecule has 1 N–H and O–H groups in total. The van der Waals surface area contributed by atoms with E-state index in [1.165, 1.54) is 39.3 Å². The highest BCUT2D eigenvalue weighted by Gasteiger charge is 2.19. The molecule has 0 aliphatic carbocycles. The number of anilines is 1. The third kappa shape index (κ3) is 5.15. The van der Waals surface area contributed by atoms with Gasteiger partial charge in [-0.3, -0.25) is 4.79 Å². The molecule has 148 valence electrons. The molecular weight excluding hydrogens is 409 g/mol. The largest absolute Gasteiger partial charge is 0.479 e. The minimum Gasteiger partial charge on any atom is -0.479 e. The number of ether oxygens (including phenoxy) is 3. The standard InChI is InChI=1S/C19H17Cl2NO6/c1-10(28-15-6-4-5-14(20)16(15)21)17(23)22-13-8-11(18(24)26-2)7-12(9-13)19(25)27-3/h4-10H,1-3H3,(H,22,23). The molecule has 0 saturated heterocycles. The fourth-order valence-electron chi connectivity index (χ4n) is 2.23. The summed E-state index contributed by atoms with van der Waals surface area (Å²) in [5.74, 6) is -1.63. The molecule has 2 aromatic carbocycles. The number of esters is 2. The Morgan fingerprint density at radius 2 is 1.54 bits per heavy atom. The first-order chi connectivity index (χ1) is 13.3. The molecule has 1 atom stereocenters. The number of halogens is 2. The molecule has 0 radical (unpaired) electrons. The average Bonchev–Trinajstić information content (AvgIpc) is 2.69. The summed E-state index contributed by atoms with van der Waals surface area (Å²) in [7, 11) is 2.41. The molecule has 0 saturated carbocycles. The third-order valence-electron chi connectivity index (χ3n) is 3.63. The van der Waals surface area contributed by atoms with Crippen LogP contribution in [0.3, 0.4) is 0 Å². The van der Waals surface area contributed by atoms with Gasteiger partial charge in [-0.1, -0.05) is 29.3 Å². The maximum absolute atomic E-state index is 12.5. The van der Waals surface area contributed by atoms with Gasteiger partial charge in [-0.2, -0.15) is 0 Å². The highest BCUT2D eigenvalue weighted by molar-refractivity contribution is 6.42. The summed E-state index contributed by atoms with van der Waals surface area (Å²) in [6, 6.07) is 8.85. The summed E-state index contributed by atoms with van der Waals surface area (Å²) in [6.45, 7) is 1.51. The lowest BCUT2D eigenvalue weighted by Crippen LogP contribution is -2.30. The molecule has 0 aliphatic rings. The highest BCUT2D eigenvalue weighted by Crippen LogP contribution is 2.32. The van der Waals surface area contributed by atoms with Crippen molar-refractivity contribution in [1.29, 1.82) is 0 Å². The van der Waals surface area contributed by atoms with Gasteiger partial charge in [-0.25, -0.2) is 9.59 Å². The number of amides is 1. The van der Waals surface area contributed by atoms with Crippen LogP contribution in [0.25, 0.3) is 0 Å². The van der Waals surface area contributed by atoms with Crippen molar-refractivity contribution in [2.24, 2.45) is 0 Å². The van der Waals surface area contributed by atoms with Gasteiger partial charge in [0.05, 0.1) is 30.4 Å². The predicted octanol–water partition coefficient (Wildman–Crippen LogP) is 3.97. The minimum absolute atomic E-state index is 0.0761. The summed E-state index contributed by atoms with van der Waals surface area (Å²) >= 11 is 12.0. The predicted molar refractivity (Wildman–Crippen MR) is 104 cm³/mol. The van der Waals surface area contributed by atoms with Gasteiger partial charge in [0.1, 0.15) is 10.8 Å². The first kappa shape index (κ1) is 21.5. The van der Waals surface area contributed by atoms with Crippen molar-refractivity contribution in [2.45, 2.75) is 13.0 Å². The summed E-state index contributed by atoms with van der Waals surface area (Å²) in [5, 5.41) is 3.06. The van der Waals surface area contributed by atoms with Crippen LogP contribution in [-0.4, -0.2) is 38.2 Å². The quantitative estimate of drug-likeness (QED) is 0.703. The number of hydrogen-bond acceptors (Lipinski definition) is 6. The Morgan fingerprint density at radius 3 is 2.07 bits per heavy atom. The van der Waals surface area contributed by atoms with E-state index in [1.54, 1.807) is 18.2 Å². The Bertz CT molecular complexity index is 881. The molecular formula is C19H17Cl2NO6. The molecule has 2 rings (SSSR count). The van der Waals surface area contributed by atoms with Crippen LogP contribution in [0.2, 0.25) is 10.0 Å². The second-order valence-electron chi connectivity index (χ2n) is 5.58. The van der Waals surface area contributed by atoms with E-state index in [-0.39, 0.29) is 27.6 Å². The SMILES string of the molecule is COC(=O)c1cc(NC(=O)C(C)Oc2cccc(Cl)c2Cl)cc(C(=O)OC)c1. The van der Waals surface area contributed by atoms with Crippen molar-refractivity contribution in [3.63, 3.8) is 0 Å². The molecule has 1 unspecified atom stereocenters. The van der Waals surface area contributed by atoms with Crippen LogP contribution in [0, 0.1) is 0 Å². The second-order valence-corrected chi connectivity index (χ2v) is 6.37. The summed E-state index contributed by atoms with van der Waals surface area (Å²) in [5.41, 5.74) is 0.347. The topological polar surface area (TPSA) is 90.9 Å². The van der Waals surface area contributed by atoms with Gasteiger partial charge in [-0.15, -0.1) is 0 Å². The molecule has 0 aromatic heterocycles. The molecule has 0 fully saturated rings. The number of nitrogens with one attached hydrogen (secondary N) is 1. The third-order valence-corrected chi connectivity index (χ3v) is 4.43. The van der Waals surface area contributed by atoms with Crippen LogP contribution in [-0.2, 0) is 14.3 Å². The van der Waals surface area contributed by atoms with Gasteiger partial charge in [-0.05, 0) is 37.3 Å². The Balaban J connectivity index is 2.23. The monoisotopic (exact) mass is 425 g/mol. The highest BCUT2D eigenvalue weighted by atomic mass is 35.5. The van der Waals surface area contributed by atoms with Gasteiger partial charge in [0.2, 0.25) is 0 Å². The smallest absolute Gasteiger partial charge is 0.337 e. The zero-order valence-electron chi connectivity index (χ0n) is 15.2. The molecule has 7 nitrogen and oxygen atoms in total. The summed E-state index contributed by atoms with van der Waals surface area (Å²) in [4.78, 5) is 36.1. The van der Waals surface area contributed by atoms with Gasteiger partial charge < -0.3 is 19.5 Å². The Kier molecular flexibility index (Phi) is 7.25. The van der Waals surface area contributed by atoms with Crippen molar-refractivity contribution in [3.8, 4) is 5.75 Å². The van der Waals surface area contributed by atoms with E-state index in [0.29, 0.717) is 5.02 Å². The lowest BCUT2D eigenvalue weighted by molar-refractivity contribution is -0.122. The normalized spacial score (nSPS) is 11.3. The van der Waals surface area contributed by atoms with E-state index in [9.17, 15) is 14.4 Å². The van der Waals surface area contributed by atoms with Crippen LogP contribution < -0.4 is 10.1 Å². The molecule has 0 heterocycles. The number of rotatable bonds is 6. The van der Waals surface area contributed by atoms with E-state index >= 15 is 0 Å². The molecule has 2 aromatic rings. The van der Waals surface area contributed by atoms with E-state index in [2.05, 4.69) is 14.8 Å². The van der Waals surface area contributed by atoms with Gasteiger partial charge >= 0.3 is 11.9 Å². The van der Waals surface area contributed by atoms with Crippen LogP contribution in [0.4, 0.5) is 5.69 Å². The Morgan fingerprint density at radius 1 is 0.964 bits per heavy atom. The first-order valence-corrected chi connectivity index (χ1v) is 8.75. The maximum Gasteiger partial charge on any atom is 0.337 e. The molecule has 0 spiro atoms. The van der Waals surface area contributed by atoms with Crippen LogP contribution in [0.1, 0.15) is 27.6 Å². The number of hydrogen-bond donors (Lipinski definition) is 1. The van der Waals surface area contributed by atoms with Crippen LogP contribution in [0.5, 0.6) is 5.75 Å². The zero-order chi connectivity index (χ0) is 20.8. The second kappa shape index (κ2) is 9.43. The summed E-state index contributed by atoms with van der Waals surface area (Å²) < 4.78 is 14.9. The molecule has 0 bridgehead atoms. The van der Waals surface area contributed by atoms with Gasteiger partial charge in [0.25, 0.3) is 5.91 Å². The van der Waals surface area contributed by atoms with Crippen molar-refractivity contribution >= 4 is 46.7 Å². The molecule has 0 aliphatic heterocycles. The lowest BCUT2D eigenvalue weighted by atomic mass is 10.1. The van der Waals surface area contributed by atoms with Gasteiger partial charge in [0, 0.05) is 5.69 Å². The number of methoxy groups -OCH3 is 2.